The van der Waals surface area contributed by atoms with E-state index in [0.29, 0.717) is 0 Å². The summed E-state index contributed by atoms with van der Waals surface area (Å²) in [5, 5.41) is 4.21. The van der Waals surface area contributed by atoms with Gasteiger partial charge in [-0.05, 0) is 109 Å². The molecular weight excluding hydrogens is 815 g/mol. The van der Waals surface area contributed by atoms with E-state index in [9.17, 15) is 0 Å². The van der Waals surface area contributed by atoms with Crippen LogP contribution in [0.15, 0.2) is 221 Å². The molecule has 0 bridgehead atoms. The van der Waals surface area contributed by atoms with E-state index in [1.165, 1.54) is 66.8 Å². The normalized spacial score (nSPS) is 14.4. The van der Waals surface area contributed by atoms with E-state index in [2.05, 4.69) is 225 Å². The summed E-state index contributed by atoms with van der Waals surface area (Å²) in [5.41, 5.74) is 24.0. The molecule has 3 nitrogen and oxygen atoms in total. The van der Waals surface area contributed by atoms with E-state index >= 15 is 0 Å². The maximum absolute atomic E-state index is 6.94. The second-order valence-corrected chi connectivity index (χ2v) is 19.1. The summed E-state index contributed by atoms with van der Waals surface area (Å²) in [5.74, 6) is 0. The Bertz CT molecular complexity index is 4040. The van der Waals surface area contributed by atoms with Gasteiger partial charge in [0.25, 0.3) is 0 Å². The highest BCUT2D eigenvalue weighted by Crippen LogP contribution is 2.65. The Morgan fingerprint density at radius 3 is 1.61 bits per heavy atom. The Balaban J connectivity index is 0.968. The molecule has 0 aliphatic heterocycles. The standard InChI is InChI=1S/C64H41NO2/c1-63(2)51-24-10-6-18-42(51)45-32-30-39(34-56(45)63)65(57-29-15-28-55-61(57)48-21-9-13-27-54(48)64(55)52-25-11-7-19-43(52)44-20-8-12-26-53(44)64)40-31-33-46-49-36-60-50(37-59(49)66-58(46)35-40)47-23-14-22-41(62(47)67-60)38-16-4-3-5-17-38/h3-37H,1-2H3. The molecule has 1 spiro atoms. The first-order chi connectivity index (χ1) is 33.0. The van der Waals surface area contributed by atoms with E-state index in [4.69, 9.17) is 8.83 Å². The lowest BCUT2D eigenvalue weighted by Crippen LogP contribution is -2.26. The highest BCUT2D eigenvalue weighted by Gasteiger charge is 2.52. The Kier molecular flexibility index (Phi) is 7.22. The van der Waals surface area contributed by atoms with E-state index in [-0.39, 0.29) is 5.41 Å². The second-order valence-electron chi connectivity index (χ2n) is 19.1. The molecule has 0 unspecified atom stereocenters. The van der Waals surface area contributed by atoms with Gasteiger partial charge in [-0.15, -0.1) is 0 Å². The molecule has 0 saturated heterocycles. The zero-order valence-corrected chi connectivity index (χ0v) is 37.0. The first kappa shape index (κ1) is 36.9. The molecule has 2 heterocycles. The number of para-hydroxylation sites is 1. The Labute approximate surface area is 387 Å². The Morgan fingerprint density at radius 2 is 0.866 bits per heavy atom. The van der Waals surface area contributed by atoms with Crippen LogP contribution >= 0.6 is 0 Å². The van der Waals surface area contributed by atoms with Crippen molar-refractivity contribution in [2.75, 3.05) is 4.90 Å². The van der Waals surface area contributed by atoms with Gasteiger partial charge < -0.3 is 13.7 Å². The maximum atomic E-state index is 6.94. The smallest absolute Gasteiger partial charge is 0.143 e. The van der Waals surface area contributed by atoms with Crippen molar-refractivity contribution in [3.05, 3.63) is 246 Å². The van der Waals surface area contributed by atoms with Crippen molar-refractivity contribution >= 4 is 60.9 Å². The fourth-order valence-electron chi connectivity index (χ4n) is 12.6. The van der Waals surface area contributed by atoms with Crippen molar-refractivity contribution in [1.82, 2.24) is 0 Å². The van der Waals surface area contributed by atoms with Crippen LogP contribution < -0.4 is 4.90 Å². The molecule has 10 aromatic carbocycles. The van der Waals surface area contributed by atoms with E-state index in [1.807, 2.05) is 6.07 Å². The quantitative estimate of drug-likeness (QED) is 0.177. The van der Waals surface area contributed by atoms with Crippen molar-refractivity contribution in [3.8, 4) is 44.5 Å². The van der Waals surface area contributed by atoms with E-state index < -0.39 is 5.41 Å². The predicted molar refractivity (Wildman–Crippen MR) is 275 cm³/mol. The molecule has 3 heteroatoms. The number of furan rings is 2. The fourth-order valence-corrected chi connectivity index (χ4v) is 12.6. The zero-order valence-electron chi connectivity index (χ0n) is 37.0. The molecule has 0 saturated carbocycles. The average Bonchev–Trinajstić information content (AvgIpc) is 4.15. The predicted octanol–water partition coefficient (Wildman–Crippen LogP) is 17.3. The van der Waals surface area contributed by atoms with Gasteiger partial charge in [0.15, 0.2) is 0 Å². The van der Waals surface area contributed by atoms with Crippen LogP contribution in [0.2, 0.25) is 0 Å². The van der Waals surface area contributed by atoms with Crippen LogP contribution in [0.5, 0.6) is 0 Å². The first-order valence-electron chi connectivity index (χ1n) is 23.3. The zero-order chi connectivity index (χ0) is 44.2. The van der Waals surface area contributed by atoms with E-state index in [0.717, 1.165) is 72.1 Å². The third-order valence-corrected chi connectivity index (χ3v) is 15.5. The SMILES string of the molecule is CC1(C)c2ccccc2-c2ccc(N(c3ccc4c(c3)oc3cc5c(cc34)oc3c(-c4ccccc4)cccc35)c3cccc4c3-c3ccccc3C43c4ccccc4-c4ccccc43)cc21. The first-order valence-corrected chi connectivity index (χ1v) is 23.3. The number of hydrogen-bond donors (Lipinski definition) is 0. The van der Waals surface area contributed by atoms with Crippen LogP contribution in [0.1, 0.15) is 47.2 Å². The lowest BCUT2D eigenvalue weighted by atomic mass is 9.70. The number of fused-ring (bicyclic) bond motifs is 19. The summed E-state index contributed by atoms with van der Waals surface area (Å²) in [6, 6.07) is 78.1. The van der Waals surface area contributed by atoms with Gasteiger partial charge >= 0.3 is 0 Å². The Morgan fingerprint density at radius 1 is 0.343 bits per heavy atom. The fraction of sp³-hybridized carbons (Fsp3) is 0.0625. The number of nitrogens with zero attached hydrogens (tertiary/aromatic N) is 1. The van der Waals surface area contributed by atoms with Gasteiger partial charge in [0, 0.05) is 55.5 Å². The summed E-state index contributed by atoms with van der Waals surface area (Å²) in [6.07, 6.45) is 0. The number of anilines is 3. The second kappa shape index (κ2) is 13.1. The van der Waals surface area contributed by atoms with Gasteiger partial charge in [0.2, 0.25) is 0 Å². The van der Waals surface area contributed by atoms with Crippen LogP contribution in [0.3, 0.4) is 0 Å². The van der Waals surface area contributed by atoms with Crippen molar-refractivity contribution in [1.29, 1.82) is 0 Å². The summed E-state index contributed by atoms with van der Waals surface area (Å²) in [4.78, 5) is 2.48. The molecule has 3 aliphatic rings. The minimum Gasteiger partial charge on any atom is -0.456 e. The van der Waals surface area contributed by atoms with Crippen molar-refractivity contribution in [3.63, 3.8) is 0 Å². The van der Waals surface area contributed by atoms with Gasteiger partial charge in [-0.3, -0.25) is 0 Å². The molecule has 3 aliphatic carbocycles. The van der Waals surface area contributed by atoms with Crippen molar-refractivity contribution in [2.45, 2.75) is 24.7 Å². The molecule has 0 N–H and O–H groups in total. The molecule has 12 aromatic rings. The van der Waals surface area contributed by atoms with Crippen LogP contribution in [-0.2, 0) is 10.8 Å². The van der Waals surface area contributed by atoms with Crippen molar-refractivity contribution < 1.29 is 8.83 Å². The lowest BCUT2D eigenvalue weighted by molar-refractivity contribution is 0.660. The molecule has 0 atom stereocenters. The molecular formula is C64H41NO2. The largest absolute Gasteiger partial charge is 0.456 e. The third kappa shape index (κ3) is 4.75. The average molecular weight is 856 g/mol. The lowest BCUT2D eigenvalue weighted by Gasteiger charge is -2.32. The minimum atomic E-state index is -0.464. The molecule has 15 rings (SSSR count). The van der Waals surface area contributed by atoms with Gasteiger partial charge in [-0.1, -0.05) is 178 Å². The van der Waals surface area contributed by atoms with Crippen LogP contribution in [0.4, 0.5) is 17.1 Å². The number of rotatable bonds is 4. The number of benzene rings is 10. The molecule has 314 valence electrons. The summed E-state index contributed by atoms with van der Waals surface area (Å²) in [6.45, 7) is 4.73. The molecule has 0 fully saturated rings. The minimum absolute atomic E-state index is 0.175. The van der Waals surface area contributed by atoms with Crippen molar-refractivity contribution in [2.24, 2.45) is 0 Å². The molecule has 67 heavy (non-hydrogen) atoms. The topological polar surface area (TPSA) is 29.5 Å². The monoisotopic (exact) mass is 855 g/mol. The summed E-state index contributed by atoms with van der Waals surface area (Å²) < 4.78 is 13.7. The highest BCUT2D eigenvalue weighted by atomic mass is 16.3. The maximum Gasteiger partial charge on any atom is 0.143 e. The van der Waals surface area contributed by atoms with Crippen LogP contribution in [0.25, 0.3) is 88.4 Å². The van der Waals surface area contributed by atoms with E-state index in [1.54, 1.807) is 0 Å². The van der Waals surface area contributed by atoms with Crippen LogP contribution in [-0.4, -0.2) is 0 Å². The van der Waals surface area contributed by atoms with Gasteiger partial charge in [-0.25, -0.2) is 0 Å². The molecule has 2 aromatic heterocycles. The molecule has 0 radical (unpaired) electrons. The highest BCUT2D eigenvalue weighted by molar-refractivity contribution is 6.17. The molecule has 0 amide bonds. The van der Waals surface area contributed by atoms with Gasteiger partial charge in [0.05, 0.1) is 11.1 Å². The van der Waals surface area contributed by atoms with Gasteiger partial charge in [0.1, 0.15) is 22.3 Å². The summed E-state index contributed by atoms with van der Waals surface area (Å²) in [7, 11) is 0. The number of hydrogen-bond acceptors (Lipinski definition) is 3. The van der Waals surface area contributed by atoms with Crippen LogP contribution in [0, 0.1) is 0 Å². The Hall–Kier alpha value is -8.40. The third-order valence-electron chi connectivity index (χ3n) is 15.5. The summed E-state index contributed by atoms with van der Waals surface area (Å²) >= 11 is 0. The van der Waals surface area contributed by atoms with Gasteiger partial charge in [-0.2, -0.15) is 0 Å².